The number of anilines is 1. The number of halogens is 1. The Morgan fingerprint density at radius 1 is 1.23 bits per heavy atom. The quantitative estimate of drug-likeness (QED) is 0.769. The number of esters is 1. The van der Waals surface area contributed by atoms with Gasteiger partial charge < -0.3 is 15.0 Å². The zero-order valence-electron chi connectivity index (χ0n) is 15.2. The Bertz CT molecular complexity index is 670. The summed E-state index contributed by atoms with van der Waals surface area (Å²) >= 11 is 6.04. The third-order valence-corrected chi connectivity index (χ3v) is 4.90. The van der Waals surface area contributed by atoms with Crippen molar-refractivity contribution in [2.75, 3.05) is 25.0 Å². The lowest BCUT2D eigenvalue weighted by atomic mass is 9.96. The first-order valence-corrected chi connectivity index (χ1v) is 9.29. The second kappa shape index (κ2) is 9.57. The molecule has 0 aliphatic carbocycles. The van der Waals surface area contributed by atoms with Gasteiger partial charge in [0.15, 0.2) is 0 Å². The van der Waals surface area contributed by atoms with Crippen LogP contribution in [0.15, 0.2) is 18.2 Å². The summed E-state index contributed by atoms with van der Waals surface area (Å²) in [6.45, 7) is 5.10. The highest BCUT2D eigenvalue weighted by Gasteiger charge is 2.28. The molecular weight excluding hydrogens is 356 g/mol. The van der Waals surface area contributed by atoms with E-state index < -0.39 is 0 Å². The largest absolute Gasteiger partial charge is 0.466 e. The normalized spacial score (nSPS) is 14.8. The maximum absolute atomic E-state index is 12.3. The van der Waals surface area contributed by atoms with E-state index >= 15 is 0 Å². The lowest BCUT2D eigenvalue weighted by Gasteiger charge is -2.30. The summed E-state index contributed by atoms with van der Waals surface area (Å²) in [5, 5.41) is 3.34. The van der Waals surface area contributed by atoms with E-state index in [2.05, 4.69) is 5.32 Å². The number of benzene rings is 1. The van der Waals surface area contributed by atoms with Crippen LogP contribution in [-0.4, -0.2) is 42.4 Å². The van der Waals surface area contributed by atoms with Gasteiger partial charge in [0, 0.05) is 36.6 Å². The third kappa shape index (κ3) is 5.73. The van der Waals surface area contributed by atoms with Gasteiger partial charge in [-0.05, 0) is 44.4 Å². The van der Waals surface area contributed by atoms with Crippen molar-refractivity contribution in [3.05, 3.63) is 28.8 Å². The van der Waals surface area contributed by atoms with Crippen molar-refractivity contribution in [2.24, 2.45) is 5.92 Å². The van der Waals surface area contributed by atoms with Crippen molar-refractivity contribution in [3.8, 4) is 0 Å². The maximum Gasteiger partial charge on any atom is 0.309 e. The van der Waals surface area contributed by atoms with Crippen LogP contribution in [0.5, 0.6) is 0 Å². The molecule has 0 saturated carbocycles. The monoisotopic (exact) mass is 380 g/mol. The Morgan fingerprint density at radius 2 is 1.92 bits per heavy atom. The lowest BCUT2D eigenvalue weighted by Crippen LogP contribution is -2.40. The summed E-state index contributed by atoms with van der Waals surface area (Å²) in [6, 6.07) is 5.30. The Kier molecular flexibility index (Phi) is 7.45. The second-order valence-electron chi connectivity index (χ2n) is 6.42. The molecule has 0 aromatic heterocycles. The van der Waals surface area contributed by atoms with E-state index in [9.17, 15) is 14.4 Å². The van der Waals surface area contributed by atoms with Gasteiger partial charge in [0.05, 0.1) is 12.5 Å². The zero-order chi connectivity index (χ0) is 19.1. The Hall–Kier alpha value is -2.08. The molecule has 0 unspecified atom stereocenters. The number of nitrogens with one attached hydrogen (secondary N) is 1. The van der Waals surface area contributed by atoms with Crippen molar-refractivity contribution in [1.29, 1.82) is 0 Å². The molecule has 1 N–H and O–H groups in total. The Labute approximate surface area is 158 Å². The fraction of sp³-hybridized carbons (Fsp3) is 0.526. The SMILES string of the molecule is CCOC(=O)C1CCN(C(=O)CCC(=O)Nc2ccc(C)c(Cl)c2)CC1. The summed E-state index contributed by atoms with van der Waals surface area (Å²) in [5.74, 6) is -0.603. The fourth-order valence-electron chi connectivity index (χ4n) is 2.90. The molecule has 0 atom stereocenters. The minimum Gasteiger partial charge on any atom is -0.466 e. The number of piperidine rings is 1. The molecule has 7 heteroatoms. The van der Waals surface area contributed by atoms with E-state index in [0.29, 0.717) is 43.2 Å². The van der Waals surface area contributed by atoms with E-state index in [0.717, 1.165) is 5.56 Å². The number of carbonyl (C=O) groups excluding carboxylic acids is 3. The van der Waals surface area contributed by atoms with Crippen LogP contribution in [0, 0.1) is 12.8 Å². The van der Waals surface area contributed by atoms with Crippen LogP contribution in [0.25, 0.3) is 0 Å². The number of aryl methyl sites for hydroxylation is 1. The number of nitrogens with zero attached hydrogens (tertiary/aromatic N) is 1. The topological polar surface area (TPSA) is 75.7 Å². The van der Waals surface area contributed by atoms with Crippen LogP contribution in [0.4, 0.5) is 5.69 Å². The van der Waals surface area contributed by atoms with Crippen LogP contribution in [-0.2, 0) is 19.1 Å². The zero-order valence-corrected chi connectivity index (χ0v) is 16.0. The fourth-order valence-corrected chi connectivity index (χ4v) is 3.08. The average Bonchev–Trinajstić information content (AvgIpc) is 2.63. The molecule has 1 aromatic rings. The summed E-state index contributed by atoms with van der Waals surface area (Å²) in [4.78, 5) is 37.7. The maximum atomic E-state index is 12.3. The first-order chi connectivity index (χ1) is 12.4. The molecule has 1 aliphatic rings. The highest BCUT2D eigenvalue weighted by atomic mass is 35.5. The van der Waals surface area contributed by atoms with Gasteiger partial charge in [-0.25, -0.2) is 0 Å². The third-order valence-electron chi connectivity index (χ3n) is 4.49. The van der Waals surface area contributed by atoms with Gasteiger partial charge in [-0.3, -0.25) is 14.4 Å². The molecule has 6 nitrogen and oxygen atoms in total. The van der Waals surface area contributed by atoms with Gasteiger partial charge in [0.25, 0.3) is 0 Å². The standard InChI is InChI=1S/C19H25ClN2O4/c1-3-26-19(25)14-8-10-22(11-9-14)18(24)7-6-17(23)21-15-5-4-13(2)16(20)12-15/h4-5,12,14H,3,6-11H2,1-2H3,(H,21,23). The predicted molar refractivity (Wildman–Crippen MR) is 100.0 cm³/mol. The Balaban J connectivity index is 1.74. The van der Waals surface area contributed by atoms with Gasteiger partial charge in [-0.15, -0.1) is 0 Å². The molecule has 1 aliphatic heterocycles. The number of ether oxygens (including phenoxy) is 1. The number of rotatable bonds is 6. The van der Waals surface area contributed by atoms with Gasteiger partial charge in [0.1, 0.15) is 0 Å². The summed E-state index contributed by atoms with van der Waals surface area (Å²) in [6.07, 6.45) is 1.48. The van der Waals surface area contributed by atoms with Crippen LogP contribution in [0.1, 0.15) is 38.2 Å². The second-order valence-corrected chi connectivity index (χ2v) is 6.83. The van der Waals surface area contributed by atoms with E-state index in [-0.39, 0.29) is 36.5 Å². The highest BCUT2D eigenvalue weighted by Crippen LogP contribution is 2.21. The number of likely N-dealkylation sites (tertiary alicyclic amines) is 1. The van der Waals surface area contributed by atoms with Gasteiger partial charge >= 0.3 is 5.97 Å². The number of hydrogen-bond donors (Lipinski definition) is 1. The molecule has 1 heterocycles. The van der Waals surface area contributed by atoms with Crippen LogP contribution in [0.3, 0.4) is 0 Å². The Morgan fingerprint density at radius 3 is 2.54 bits per heavy atom. The number of hydrogen-bond acceptors (Lipinski definition) is 4. The van der Waals surface area contributed by atoms with Crippen molar-refractivity contribution in [2.45, 2.75) is 39.5 Å². The van der Waals surface area contributed by atoms with Crippen LogP contribution < -0.4 is 5.32 Å². The molecule has 2 amide bonds. The van der Waals surface area contributed by atoms with Crippen molar-refractivity contribution < 1.29 is 19.1 Å². The molecule has 142 valence electrons. The molecule has 2 rings (SSSR count). The highest BCUT2D eigenvalue weighted by molar-refractivity contribution is 6.31. The van der Waals surface area contributed by atoms with Crippen LogP contribution >= 0.6 is 11.6 Å². The van der Waals surface area contributed by atoms with E-state index in [1.54, 1.807) is 24.0 Å². The van der Waals surface area contributed by atoms with Crippen molar-refractivity contribution in [3.63, 3.8) is 0 Å². The molecular formula is C19H25ClN2O4. The molecule has 0 bridgehead atoms. The molecule has 26 heavy (non-hydrogen) atoms. The lowest BCUT2D eigenvalue weighted by molar-refractivity contribution is -0.151. The van der Waals surface area contributed by atoms with Gasteiger partial charge in [0.2, 0.25) is 11.8 Å². The summed E-state index contributed by atoms with van der Waals surface area (Å²) in [5.41, 5.74) is 1.55. The summed E-state index contributed by atoms with van der Waals surface area (Å²) in [7, 11) is 0. The number of carbonyl (C=O) groups is 3. The number of amides is 2. The molecule has 1 aromatic carbocycles. The summed E-state index contributed by atoms with van der Waals surface area (Å²) < 4.78 is 5.02. The average molecular weight is 381 g/mol. The minimum atomic E-state index is -0.223. The molecule has 0 radical (unpaired) electrons. The molecule has 0 spiro atoms. The minimum absolute atomic E-state index is 0.0654. The van der Waals surface area contributed by atoms with E-state index in [4.69, 9.17) is 16.3 Å². The van der Waals surface area contributed by atoms with Gasteiger partial charge in [-0.2, -0.15) is 0 Å². The van der Waals surface area contributed by atoms with E-state index in [1.165, 1.54) is 0 Å². The smallest absolute Gasteiger partial charge is 0.309 e. The molecule has 1 saturated heterocycles. The predicted octanol–water partition coefficient (Wildman–Crippen LogP) is 3.17. The molecule has 1 fully saturated rings. The van der Waals surface area contributed by atoms with Crippen molar-refractivity contribution in [1.82, 2.24) is 4.90 Å². The van der Waals surface area contributed by atoms with Crippen molar-refractivity contribution >= 4 is 35.1 Å². The first-order valence-electron chi connectivity index (χ1n) is 8.91. The van der Waals surface area contributed by atoms with E-state index in [1.807, 2.05) is 13.0 Å². The van der Waals surface area contributed by atoms with Gasteiger partial charge in [-0.1, -0.05) is 17.7 Å². The first kappa shape index (κ1) is 20.2. The van der Waals surface area contributed by atoms with Crippen LogP contribution in [0.2, 0.25) is 5.02 Å².